The molecule has 7 heteroatoms. The molecule has 0 bridgehead atoms. The predicted molar refractivity (Wildman–Crippen MR) is 86.1 cm³/mol. The number of fused-ring (bicyclic) bond motifs is 1. The van der Waals surface area contributed by atoms with Gasteiger partial charge in [0.1, 0.15) is 17.5 Å². The summed E-state index contributed by atoms with van der Waals surface area (Å²) in [7, 11) is 0. The average molecular weight is 377 g/mol. The molecule has 0 saturated heterocycles. The minimum absolute atomic E-state index is 0.0471. The number of benzene rings is 1. The number of hydrogen-bond donors (Lipinski definition) is 2. The molecule has 1 aliphatic heterocycles. The molecule has 23 heavy (non-hydrogen) atoms. The topological polar surface area (TPSA) is 87.7 Å². The van der Waals surface area contributed by atoms with Crippen LogP contribution in [0.2, 0.25) is 0 Å². The second-order valence-corrected chi connectivity index (χ2v) is 6.52. The van der Waals surface area contributed by atoms with Crippen molar-refractivity contribution >= 4 is 15.9 Å². The second kappa shape index (κ2) is 5.70. The van der Waals surface area contributed by atoms with Crippen molar-refractivity contribution in [2.24, 2.45) is 5.73 Å². The fourth-order valence-electron chi connectivity index (χ4n) is 2.76. The van der Waals surface area contributed by atoms with Crippen molar-refractivity contribution in [3.05, 3.63) is 56.8 Å². The van der Waals surface area contributed by atoms with E-state index in [1.807, 2.05) is 13.8 Å². The third-order valence-electron chi connectivity index (χ3n) is 3.82. The Hall–Kier alpha value is -2.33. The molecule has 1 aromatic carbocycles. The van der Waals surface area contributed by atoms with Gasteiger partial charge in [0.25, 0.3) is 0 Å². The largest absolute Gasteiger partial charge is 0.420 e. The maximum Gasteiger partial charge on any atom is 0.244 e. The van der Waals surface area contributed by atoms with Crippen molar-refractivity contribution in [1.29, 1.82) is 5.26 Å². The first-order valence-corrected chi connectivity index (χ1v) is 7.84. The molecule has 0 fully saturated rings. The van der Waals surface area contributed by atoms with Gasteiger partial charge >= 0.3 is 0 Å². The molecule has 2 heterocycles. The van der Waals surface area contributed by atoms with E-state index in [2.05, 4.69) is 32.2 Å². The van der Waals surface area contributed by atoms with Gasteiger partial charge in [-0.1, -0.05) is 35.8 Å². The average Bonchev–Trinajstić information content (AvgIpc) is 2.89. The van der Waals surface area contributed by atoms with E-state index in [1.165, 1.54) is 6.07 Å². The minimum atomic E-state index is -0.645. The van der Waals surface area contributed by atoms with Crippen LogP contribution in [-0.2, 0) is 0 Å². The summed E-state index contributed by atoms with van der Waals surface area (Å²) in [5.41, 5.74) is 7.85. The van der Waals surface area contributed by atoms with E-state index in [-0.39, 0.29) is 23.3 Å². The summed E-state index contributed by atoms with van der Waals surface area (Å²) >= 11 is 3.24. The Morgan fingerprint density at radius 2 is 2.22 bits per heavy atom. The lowest BCUT2D eigenvalue weighted by Gasteiger charge is -2.25. The van der Waals surface area contributed by atoms with Gasteiger partial charge in [0.2, 0.25) is 11.8 Å². The van der Waals surface area contributed by atoms with Crippen LogP contribution in [0.25, 0.3) is 0 Å². The van der Waals surface area contributed by atoms with Gasteiger partial charge in [0.15, 0.2) is 0 Å². The zero-order valence-electron chi connectivity index (χ0n) is 12.5. The predicted octanol–water partition coefficient (Wildman–Crippen LogP) is 3.65. The highest BCUT2D eigenvalue weighted by molar-refractivity contribution is 9.10. The monoisotopic (exact) mass is 376 g/mol. The Morgan fingerprint density at radius 3 is 2.83 bits per heavy atom. The molecule has 118 valence electrons. The number of ether oxygens (including phenoxy) is 1. The Bertz CT molecular complexity index is 850. The van der Waals surface area contributed by atoms with E-state index in [1.54, 1.807) is 12.1 Å². The van der Waals surface area contributed by atoms with Crippen LogP contribution in [0.5, 0.6) is 5.88 Å². The molecule has 1 aliphatic rings. The zero-order valence-corrected chi connectivity index (χ0v) is 14.1. The van der Waals surface area contributed by atoms with Crippen LogP contribution in [0.15, 0.2) is 34.1 Å². The highest BCUT2D eigenvalue weighted by Crippen LogP contribution is 2.45. The molecular weight excluding hydrogens is 363 g/mol. The van der Waals surface area contributed by atoms with Crippen molar-refractivity contribution < 1.29 is 9.13 Å². The van der Waals surface area contributed by atoms with Gasteiger partial charge in [-0.25, -0.2) is 4.39 Å². The molecule has 5 nitrogen and oxygen atoms in total. The van der Waals surface area contributed by atoms with Crippen LogP contribution in [0.4, 0.5) is 4.39 Å². The quantitative estimate of drug-likeness (QED) is 0.836. The molecule has 0 saturated carbocycles. The van der Waals surface area contributed by atoms with Gasteiger partial charge in [-0.15, -0.1) is 5.10 Å². The van der Waals surface area contributed by atoms with Gasteiger partial charge in [-0.3, -0.25) is 5.10 Å². The third-order valence-corrected chi connectivity index (χ3v) is 4.31. The summed E-state index contributed by atoms with van der Waals surface area (Å²) in [5, 5.41) is 16.5. The molecule has 0 unspecified atom stereocenters. The number of allylic oxidation sites excluding steroid dienone is 1. The number of aromatic nitrogens is 2. The first-order chi connectivity index (χ1) is 10.9. The highest BCUT2D eigenvalue weighted by Gasteiger charge is 2.37. The standard InChI is InChI=1S/C16H14BrFN4O/c1-7(2)14-13-12(9-4-3-8(17)5-11(9)18)10(6-19)15(20)23-16(13)22-21-14/h3-5,7,12H,20H2,1-2H3,(H,21,22)/t12-/m1/s1. The molecular formula is C16H14BrFN4O. The lowest BCUT2D eigenvalue weighted by atomic mass is 9.82. The maximum atomic E-state index is 14.5. The van der Waals surface area contributed by atoms with Crippen molar-refractivity contribution in [2.75, 3.05) is 0 Å². The smallest absolute Gasteiger partial charge is 0.244 e. The first-order valence-electron chi connectivity index (χ1n) is 7.04. The second-order valence-electron chi connectivity index (χ2n) is 5.60. The Morgan fingerprint density at radius 1 is 1.48 bits per heavy atom. The number of hydrogen-bond acceptors (Lipinski definition) is 4. The molecule has 1 atom stereocenters. The van der Waals surface area contributed by atoms with E-state index in [9.17, 15) is 9.65 Å². The SMILES string of the molecule is CC(C)c1[nH]nc2c1[C@H](c1ccc(Br)cc1F)C(C#N)=C(N)O2. The van der Waals surface area contributed by atoms with Crippen molar-refractivity contribution in [1.82, 2.24) is 10.2 Å². The third kappa shape index (κ3) is 2.49. The number of aromatic amines is 1. The van der Waals surface area contributed by atoms with E-state index in [0.717, 1.165) is 5.69 Å². The number of halogens is 2. The fourth-order valence-corrected chi connectivity index (χ4v) is 3.09. The minimum Gasteiger partial charge on any atom is -0.420 e. The molecule has 2 aromatic rings. The van der Waals surface area contributed by atoms with E-state index >= 15 is 0 Å². The summed E-state index contributed by atoms with van der Waals surface area (Å²) in [5.74, 6) is -0.719. The highest BCUT2D eigenvalue weighted by atomic mass is 79.9. The van der Waals surface area contributed by atoms with Crippen LogP contribution in [0.3, 0.4) is 0 Å². The fraction of sp³-hybridized carbons (Fsp3) is 0.250. The van der Waals surface area contributed by atoms with E-state index in [4.69, 9.17) is 10.5 Å². The molecule has 0 radical (unpaired) electrons. The molecule has 0 amide bonds. The lowest BCUT2D eigenvalue weighted by molar-refractivity contribution is 0.377. The lowest BCUT2D eigenvalue weighted by Crippen LogP contribution is -2.22. The number of nitrogens with zero attached hydrogens (tertiary/aromatic N) is 2. The summed E-state index contributed by atoms with van der Waals surface area (Å²) in [6.45, 7) is 3.97. The van der Waals surface area contributed by atoms with Gasteiger partial charge < -0.3 is 10.5 Å². The molecule has 3 rings (SSSR count). The van der Waals surface area contributed by atoms with Crippen LogP contribution in [0, 0.1) is 17.1 Å². The van der Waals surface area contributed by atoms with Crippen molar-refractivity contribution in [2.45, 2.75) is 25.7 Å². The van der Waals surface area contributed by atoms with Crippen molar-refractivity contribution in [3.63, 3.8) is 0 Å². The van der Waals surface area contributed by atoms with Crippen LogP contribution in [0.1, 0.15) is 42.5 Å². The van der Waals surface area contributed by atoms with Gasteiger partial charge in [0.05, 0.1) is 11.5 Å². The molecule has 1 aromatic heterocycles. The van der Waals surface area contributed by atoms with Crippen molar-refractivity contribution in [3.8, 4) is 11.9 Å². The zero-order chi connectivity index (χ0) is 16.7. The summed E-state index contributed by atoms with van der Waals surface area (Å²) in [4.78, 5) is 0. The van der Waals surface area contributed by atoms with Crippen LogP contribution >= 0.6 is 15.9 Å². The number of H-pyrrole nitrogens is 1. The Balaban J connectivity index is 2.28. The number of nitrogens with one attached hydrogen (secondary N) is 1. The normalized spacial score (nSPS) is 17.0. The molecule has 3 N–H and O–H groups in total. The number of nitrogens with two attached hydrogens (primary N) is 1. The molecule has 0 spiro atoms. The Labute approximate surface area is 141 Å². The van der Waals surface area contributed by atoms with Gasteiger partial charge in [0, 0.05) is 15.7 Å². The van der Waals surface area contributed by atoms with Gasteiger partial charge in [-0.2, -0.15) is 5.26 Å². The maximum absolute atomic E-state index is 14.5. The van der Waals surface area contributed by atoms with E-state index < -0.39 is 11.7 Å². The first kappa shape index (κ1) is 15.6. The van der Waals surface area contributed by atoms with Crippen LogP contribution < -0.4 is 10.5 Å². The number of nitriles is 1. The summed E-state index contributed by atoms with van der Waals surface area (Å²) < 4.78 is 20.6. The van der Waals surface area contributed by atoms with Gasteiger partial charge in [-0.05, 0) is 18.1 Å². The number of rotatable bonds is 2. The molecule has 0 aliphatic carbocycles. The Kier molecular flexibility index (Phi) is 3.86. The van der Waals surface area contributed by atoms with Crippen LogP contribution in [-0.4, -0.2) is 10.2 Å². The summed E-state index contributed by atoms with van der Waals surface area (Å²) in [6, 6.07) is 6.79. The van der Waals surface area contributed by atoms with E-state index in [0.29, 0.717) is 15.6 Å². The summed E-state index contributed by atoms with van der Waals surface area (Å²) in [6.07, 6.45) is 0.